The van der Waals surface area contributed by atoms with Crippen molar-refractivity contribution in [1.82, 2.24) is 20.8 Å². The highest BCUT2D eigenvalue weighted by Gasteiger charge is 2.26. The summed E-state index contributed by atoms with van der Waals surface area (Å²) in [4.78, 5) is 12.0. The second kappa shape index (κ2) is 5.31. The van der Waals surface area contributed by atoms with Gasteiger partial charge in [-0.05, 0) is 32.2 Å². The fourth-order valence-corrected chi connectivity index (χ4v) is 2.25. The zero-order valence-corrected chi connectivity index (χ0v) is 10.4. The topological polar surface area (TPSA) is 69.8 Å². The van der Waals surface area contributed by atoms with Gasteiger partial charge in [-0.2, -0.15) is 5.10 Å². The minimum atomic E-state index is -0.0454. The Morgan fingerprint density at radius 2 is 2.47 bits per heavy atom. The fraction of sp³-hybridized carbons (Fsp3) is 0.667. The summed E-state index contributed by atoms with van der Waals surface area (Å²) in [7, 11) is 0. The lowest BCUT2D eigenvalue weighted by Gasteiger charge is -2.28. The monoisotopic (exact) mass is 236 g/mol. The summed E-state index contributed by atoms with van der Waals surface area (Å²) in [5.74, 6) is 0.506. The van der Waals surface area contributed by atoms with Gasteiger partial charge in [0.2, 0.25) is 5.91 Å². The van der Waals surface area contributed by atoms with Gasteiger partial charge in [-0.15, -0.1) is 0 Å². The maximum Gasteiger partial charge on any atom is 0.237 e. The lowest BCUT2D eigenvalue weighted by atomic mass is 9.92. The van der Waals surface area contributed by atoms with Gasteiger partial charge >= 0.3 is 0 Å². The van der Waals surface area contributed by atoms with Gasteiger partial charge in [0.1, 0.15) is 0 Å². The molecule has 0 spiro atoms. The standard InChI is InChI=1S/C12H20N4O/c1-8-4-3-5-13-11(8)12(17)14-6-10-7-15-16-9(10)2/h7-8,11,13H,3-6H2,1-2H3,(H,14,17)(H,15,16). The molecule has 0 bridgehead atoms. The molecule has 94 valence electrons. The summed E-state index contributed by atoms with van der Waals surface area (Å²) in [5.41, 5.74) is 2.05. The summed E-state index contributed by atoms with van der Waals surface area (Å²) in [6.45, 7) is 5.56. The minimum absolute atomic E-state index is 0.0454. The lowest BCUT2D eigenvalue weighted by Crippen LogP contribution is -2.50. The summed E-state index contributed by atoms with van der Waals surface area (Å²) in [5, 5.41) is 13.0. The summed E-state index contributed by atoms with van der Waals surface area (Å²) >= 11 is 0. The molecule has 17 heavy (non-hydrogen) atoms. The SMILES string of the molecule is Cc1[nH]ncc1CNC(=O)C1NCCCC1C. The Kier molecular flexibility index (Phi) is 3.78. The van der Waals surface area contributed by atoms with Gasteiger partial charge in [0.05, 0.1) is 12.2 Å². The maximum absolute atomic E-state index is 12.0. The third kappa shape index (κ3) is 2.85. The Hall–Kier alpha value is -1.36. The molecule has 1 aliphatic heterocycles. The number of aromatic amines is 1. The van der Waals surface area contributed by atoms with E-state index in [0.717, 1.165) is 30.6 Å². The number of aromatic nitrogens is 2. The van der Waals surface area contributed by atoms with E-state index < -0.39 is 0 Å². The predicted octanol–water partition coefficient (Wildman–Crippen LogP) is 0.722. The van der Waals surface area contributed by atoms with Crippen molar-refractivity contribution in [3.63, 3.8) is 0 Å². The zero-order chi connectivity index (χ0) is 12.3. The first kappa shape index (κ1) is 12.1. The predicted molar refractivity (Wildman–Crippen MR) is 65.4 cm³/mol. The number of nitrogens with zero attached hydrogens (tertiary/aromatic N) is 1. The molecule has 5 nitrogen and oxygen atoms in total. The van der Waals surface area contributed by atoms with E-state index in [1.54, 1.807) is 6.20 Å². The third-order valence-corrected chi connectivity index (χ3v) is 3.44. The molecule has 1 aromatic rings. The molecule has 2 rings (SSSR count). The molecule has 0 aliphatic carbocycles. The number of hydrogen-bond donors (Lipinski definition) is 3. The van der Waals surface area contributed by atoms with Gasteiger partial charge in [0.25, 0.3) is 0 Å². The molecule has 1 fully saturated rings. The van der Waals surface area contributed by atoms with Gasteiger partial charge in [-0.1, -0.05) is 6.92 Å². The van der Waals surface area contributed by atoms with E-state index in [0.29, 0.717) is 12.5 Å². The first-order valence-corrected chi connectivity index (χ1v) is 6.18. The van der Waals surface area contributed by atoms with E-state index in [4.69, 9.17) is 0 Å². The van der Waals surface area contributed by atoms with Crippen molar-refractivity contribution in [2.45, 2.75) is 39.3 Å². The van der Waals surface area contributed by atoms with E-state index in [9.17, 15) is 4.79 Å². The summed E-state index contributed by atoms with van der Waals surface area (Å²) in [6, 6.07) is -0.0454. The van der Waals surface area contributed by atoms with Crippen LogP contribution in [0.25, 0.3) is 0 Å². The molecule has 2 unspecified atom stereocenters. The molecule has 1 saturated heterocycles. The molecule has 5 heteroatoms. The number of H-pyrrole nitrogens is 1. The molecule has 0 aromatic carbocycles. The Morgan fingerprint density at radius 3 is 3.12 bits per heavy atom. The van der Waals surface area contributed by atoms with Crippen LogP contribution in [0.1, 0.15) is 31.0 Å². The van der Waals surface area contributed by atoms with Crippen LogP contribution in [0.5, 0.6) is 0 Å². The van der Waals surface area contributed by atoms with E-state index in [1.807, 2.05) is 6.92 Å². The quantitative estimate of drug-likeness (QED) is 0.724. The molecule has 1 aliphatic rings. The van der Waals surface area contributed by atoms with E-state index in [-0.39, 0.29) is 11.9 Å². The van der Waals surface area contributed by atoms with Crippen molar-refractivity contribution in [3.8, 4) is 0 Å². The zero-order valence-electron chi connectivity index (χ0n) is 10.4. The summed E-state index contributed by atoms with van der Waals surface area (Å²) < 4.78 is 0. The van der Waals surface area contributed by atoms with Gasteiger partial charge in [0, 0.05) is 17.8 Å². The normalized spacial score (nSPS) is 24.6. The van der Waals surface area contributed by atoms with Crippen LogP contribution < -0.4 is 10.6 Å². The van der Waals surface area contributed by atoms with Crippen molar-refractivity contribution in [1.29, 1.82) is 0 Å². The first-order valence-electron chi connectivity index (χ1n) is 6.18. The average Bonchev–Trinajstić information content (AvgIpc) is 2.72. The summed E-state index contributed by atoms with van der Waals surface area (Å²) in [6.07, 6.45) is 4.04. The molecule has 3 N–H and O–H groups in total. The highest BCUT2D eigenvalue weighted by molar-refractivity contribution is 5.82. The largest absolute Gasteiger partial charge is 0.351 e. The van der Waals surface area contributed by atoms with Crippen LogP contribution in [-0.4, -0.2) is 28.7 Å². The van der Waals surface area contributed by atoms with Crippen LogP contribution in [0.3, 0.4) is 0 Å². The van der Waals surface area contributed by atoms with Gasteiger partial charge in [-0.3, -0.25) is 9.89 Å². The molecular weight excluding hydrogens is 216 g/mol. The van der Waals surface area contributed by atoms with E-state index >= 15 is 0 Å². The number of carbonyl (C=O) groups excluding carboxylic acids is 1. The van der Waals surface area contributed by atoms with Crippen molar-refractivity contribution in [2.24, 2.45) is 5.92 Å². The van der Waals surface area contributed by atoms with Crippen LogP contribution in [0.15, 0.2) is 6.20 Å². The Bertz CT molecular complexity index is 388. The van der Waals surface area contributed by atoms with E-state index in [2.05, 4.69) is 27.8 Å². The van der Waals surface area contributed by atoms with Crippen LogP contribution in [-0.2, 0) is 11.3 Å². The highest BCUT2D eigenvalue weighted by Crippen LogP contribution is 2.15. The average molecular weight is 236 g/mol. The lowest BCUT2D eigenvalue weighted by molar-refractivity contribution is -0.125. The Morgan fingerprint density at radius 1 is 1.65 bits per heavy atom. The number of amides is 1. The van der Waals surface area contributed by atoms with Crippen molar-refractivity contribution in [3.05, 3.63) is 17.5 Å². The number of piperidine rings is 1. The van der Waals surface area contributed by atoms with Crippen LogP contribution in [0.4, 0.5) is 0 Å². The molecule has 0 saturated carbocycles. The van der Waals surface area contributed by atoms with Crippen LogP contribution >= 0.6 is 0 Å². The molecule has 1 amide bonds. The molecule has 0 radical (unpaired) electrons. The van der Waals surface area contributed by atoms with E-state index in [1.165, 1.54) is 0 Å². The fourth-order valence-electron chi connectivity index (χ4n) is 2.25. The number of nitrogens with one attached hydrogen (secondary N) is 3. The highest BCUT2D eigenvalue weighted by atomic mass is 16.2. The number of aryl methyl sites for hydroxylation is 1. The van der Waals surface area contributed by atoms with Crippen LogP contribution in [0.2, 0.25) is 0 Å². The second-order valence-electron chi connectivity index (χ2n) is 4.79. The number of carbonyl (C=O) groups is 1. The Balaban J connectivity index is 1.86. The van der Waals surface area contributed by atoms with Crippen LogP contribution in [0, 0.1) is 12.8 Å². The molecular formula is C12H20N4O. The minimum Gasteiger partial charge on any atom is -0.351 e. The Labute approximate surface area is 101 Å². The van der Waals surface area contributed by atoms with Crippen molar-refractivity contribution < 1.29 is 4.79 Å². The van der Waals surface area contributed by atoms with Crippen molar-refractivity contribution >= 4 is 5.91 Å². The third-order valence-electron chi connectivity index (χ3n) is 3.44. The molecule has 2 heterocycles. The number of hydrogen-bond acceptors (Lipinski definition) is 3. The molecule has 2 atom stereocenters. The van der Waals surface area contributed by atoms with Gasteiger partial charge in [0.15, 0.2) is 0 Å². The maximum atomic E-state index is 12.0. The molecule has 1 aromatic heterocycles. The van der Waals surface area contributed by atoms with Crippen molar-refractivity contribution in [2.75, 3.05) is 6.54 Å². The first-order chi connectivity index (χ1) is 8.18. The second-order valence-corrected chi connectivity index (χ2v) is 4.79. The number of rotatable bonds is 3. The smallest absolute Gasteiger partial charge is 0.237 e. The van der Waals surface area contributed by atoms with Gasteiger partial charge < -0.3 is 10.6 Å². The van der Waals surface area contributed by atoms with Gasteiger partial charge in [-0.25, -0.2) is 0 Å².